The molecule has 1 aromatic rings. The Hall–Kier alpha value is -1.40. The Kier molecular flexibility index (Phi) is 6.20. The van der Waals surface area contributed by atoms with Gasteiger partial charge in [-0.2, -0.15) is 4.98 Å². The Balaban J connectivity index is 1.79. The Morgan fingerprint density at radius 3 is 2.81 bits per heavy atom. The highest BCUT2D eigenvalue weighted by molar-refractivity contribution is 5.43. The number of methoxy groups -OCH3 is 1. The fourth-order valence-corrected chi connectivity index (χ4v) is 2.58. The first-order chi connectivity index (χ1) is 10.2. The zero-order valence-electron chi connectivity index (χ0n) is 13.4. The molecule has 0 aliphatic carbocycles. The number of hydrogen-bond donors (Lipinski definition) is 1. The maximum atomic E-state index is 5.05. The summed E-state index contributed by atoms with van der Waals surface area (Å²) in [6.07, 6.45) is 4.26. The SMILES string of the molecule is COCCNCC1CCN(c2ccnc(N(C)C)n2)CC1. The molecule has 0 spiro atoms. The molecule has 0 atom stereocenters. The van der Waals surface area contributed by atoms with Crippen molar-refractivity contribution in [2.24, 2.45) is 5.92 Å². The molecule has 1 saturated heterocycles. The average molecular weight is 293 g/mol. The van der Waals surface area contributed by atoms with Crippen molar-refractivity contribution in [1.82, 2.24) is 15.3 Å². The monoisotopic (exact) mass is 293 g/mol. The van der Waals surface area contributed by atoms with Gasteiger partial charge in [-0.3, -0.25) is 0 Å². The number of hydrogen-bond acceptors (Lipinski definition) is 6. The van der Waals surface area contributed by atoms with E-state index in [0.29, 0.717) is 0 Å². The van der Waals surface area contributed by atoms with Gasteiger partial charge in [0.05, 0.1) is 6.61 Å². The minimum absolute atomic E-state index is 0.758. The molecule has 0 bridgehead atoms. The van der Waals surface area contributed by atoms with Crippen molar-refractivity contribution in [3.05, 3.63) is 12.3 Å². The van der Waals surface area contributed by atoms with Crippen LogP contribution in [0.5, 0.6) is 0 Å². The Labute approximate surface area is 127 Å². The molecule has 1 fully saturated rings. The second kappa shape index (κ2) is 8.14. The lowest BCUT2D eigenvalue weighted by molar-refractivity contribution is 0.197. The van der Waals surface area contributed by atoms with Crippen molar-refractivity contribution in [3.8, 4) is 0 Å². The zero-order chi connectivity index (χ0) is 15.1. The summed E-state index contributed by atoms with van der Waals surface area (Å²) in [6.45, 7) is 4.95. The molecule has 1 N–H and O–H groups in total. The third kappa shape index (κ3) is 4.82. The van der Waals surface area contributed by atoms with Crippen LogP contribution < -0.4 is 15.1 Å². The second-order valence-electron chi connectivity index (χ2n) is 5.74. The maximum absolute atomic E-state index is 5.05. The lowest BCUT2D eigenvalue weighted by Gasteiger charge is -2.33. The van der Waals surface area contributed by atoms with Gasteiger partial charge in [-0.05, 0) is 31.4 Å². The lowest BCUT2D eigenvalue weighted by atomic mass is 9.97. The van der Waals surface area contributed by atoms with Crippen LogP contribution >= 0.6 is 0 Å². The summed E-state index contributed by atoms with van der Waals surface area (Å²) < 4.78 is 5.05. The maximum Gasteiger partial charge on any atom is 0.226 e. The highest BCUT2D eigenvalue weighted by Crippen LogP contribution is 2.22. The molecule has 1 aliphatic rings. The molecular weight excluding hydrogens is 266 g/mol. The molecule has 0 unspecified atom stereocenters. The van der Waals surface area contributed by atoms with Crippen molar-refractivity contribution >= 4 is 11.8 Å². The zero-order valence-corrected chi connectivity index (χ0v) is 13.4. The van der Waals surface area contributed by atoms with Crippen molar-refractivity contribution in [2.75, 3.05) is 63.8 Å². The van der Waals surface area contributed by atoms with Crippen molar-refractivity contribution in [1.29, 1.82) is 0 Å². The van der Waals surface area contributed by atoms with Gasteiger partial charge in [0, 0.05) is 47.0 Å². The van der Waals surface area contributed by atoms with Crippen LogP contribution in [0.4, 0.5) is 11.8 Å². The van der Waals surface area contributed by atoms with E-state index in [0.717, 1.165) is 50.5 Å². The molecule has 0 radical (unpaired) electrons. The second-order valence-corrected chi connectivity index (χ2v) is 5.74. The fraction of sp³-hybridized carbons (Fsp3) is 0.733. The largest absolute Gasteiger partial charge is 0.383 e. The molecule has 2 rings (SSSR count). The summed E-state index contributed by atoms with van der Waals surface area (Å²) in [5.74, 6) is 2.57. The first-order valence-corrected chi connectivity index (χ1v) is 7.65. The molecule has 0 saturated carbocycles. The van der Waals surface area contributed by atoms with Gasteiger partial charge in [0.15, 0.2) is 0 Å². The van der Waals surface area contributed by atoms with E-state index in [9.17, 15) is 0 Å². The predicted octanol–water partition coefficient (Wildman–Crippen LogP) is 0.995. The minimum atomic E-state index is 0.758. The van der Waals surface area contributed by atoms with Gasteiger partial charge < -0.3 is 19.9 Å². The molecule has 118 valence electrons. The van der Waals surface area contributed by atoms with Crippen LogP contribution in [-0.4, -0.2) is 64.0 Å². The summed E-state index contributed by atoms with van der Waals surface area (Å²) >= 11 is 0. The summed E-state index contributed by atoms with van der Waals surface area (Å²) in [5, 5.41) is 3.46. The summed E-state index contributed by atoms with van der Waals surface area (Å²) in [6, 6.07) is 2.00. The third-order valence-electron chi connectivity index (χ3n) is 3.88. The van der Waals surface area contributed by atoms with E-state index >= 15 is 0 Å². The predicted molar refractivity (Wildman–Crippen MR) is 86.0 cm³/mol. The van der Waals surface area contributed by atoms with Gasteiger partial charge in [0.25, 0.3) is 0 Å². The van der Waals surface area contributed by atoms with Gasteiger partial charge in [-0.15, -0.1) is 0 Å². The van der Waals surface area contributed by atoms with Crippen LogP contribution in [0.3, 0.4) is 0 Å². The first-order valence-electron chi connectivity index (χ1n) is 7.65. The van der Waals surface area contributed by atoms with Crippen LogP contribution in [0.15, 0.2) is 12.3 Å². The Bertz CT molecular complexity index is 418. The molecule has 1 aliphatic heterocycles. The van der Waals surface area contributed by atoms with Gasteiger partial charge in [-0.25, -0.2) is 4.98 Å². The number of ether oxygens (including phenoxy) is 1. The molecule has 1 aromatic heterocycles. The van der Waals surface area contributed by atoms with Crippen LogP contribution in [0.2, 0.25) is 0 Å². The lowest BCUT2D eigenvalue weighted by Crippen LogP contribution is -2.38. The van der Waals surface area contributed by atoms with Crippen molar-refractivity contribution in [2.45, 2.75) is 12.8 Å². The van der Waals surface area contributed by atoms with E-state index in [1.165, 1.54) is 12.8 Å². The van der Waals surface area contributed by atoms with E-state index in [4.69, 9.17) is 4.74 Å². The third-order valence-corrected chi connectivity index (χ3v) is 3.88. The van der Waals surface area contributed by atoms with E-state index in [1.807, 2.05) is 31.3 Å². The summed E-state index contributed by atoms with van der Waals surface area (Å²) in [5.41, 5.74) is 0. The van der Waals surface area contributed by atoms with Crippen molar-refractivity contribution in [3.63, 3.8) is 0 Å². The van der Waals surface area contributed by atoms with Gasteiger partial charge >= 0.3 is 0 Å². The molecule has 0 aromatic carbocycles. The molecule has 21 heavy (non-hydrogen) atoms. The number of aromatic nitrogens is 2. The van der Waals surface area contributed by atoms with Crippen molar-refractivity contribution < 1.29 is 4.74 Å². The summed E-state index contributed by atoms with van der Waals surface area (Å²) in [4.78, 5) is 13.2. The molecule has 2 heterocycles. The number of piperidine rings is 1. The van der Waals surface area contributed by atoms with Crippen LogP contribution in [0.25, 0.3) is 0 Å². The van der Waals surface area contributed by atoms with E-state index in [-0.39, 0.29) is 0 Å². The number of nitrogens with one attached hydrogen (secondary N) is 1. The fourth-order valence-electron chi connectivity index (χ4n) is 2.58. The molecule has 6 heteroatoms. The smallest absolute Gasteiger partial charge is 0.226 e. The highest BCUT2D eigenvalue weighted by Gasteiger charge is 2.20. The molecule has 0 amide bonds. The topological polar surface area (TPSA) is 53.5 Å². The molecule has 6 nitrogen and oxygen atoms in total. The highest BCUT2D eigenvalue weighted by atomic mass is 16.5. The molecular formula is C15H27N5O. The number of rotatable bonds is 7. The van der Waals surface area contributed by atoms with Crippen LogP contribution in [0.1, 0.15) is 12.8 Å². The Morgan fingerprint density at radius 1 is 1.38 bits per heavy atom. The normalized spacial score (nSPS) is 16.2. The number of anilines is 2. The van der Waals surface area contributed by atoms with Gasteiger partial charge in [-0.1, -0.05) is 0 Å². The summed E-state index contributed by atoms with van der Waals surface area (Å²) in [7, 11) is 5.68. The van der Waals surface area contributed by atoms with E-state index in [2.05, 4.69) is 20.2 Å². The minimum Gasteiger partial charge on any atom is -0.383 e. The standard InChI is InChI=1S/C15H27N5O/c1-19(2)15-17-7-4-14(18-15)20-9-5-13(6-10-20)12-16-8-11-21-3/h4,7,13,16H,5-6,8-12H2,1-3H3. The average Bonchev–Trinajstić information content (AvgIpc) is 2.52. The quantitative estimate of drug-likeness (QED) is 0.757. The van der Waals surface area contributed by atoms with Crippen LogP contribution in [0, 0.1) is 5.92 Å². The van der Waals surface area contributed by atoms with Gasteiger partial charge in [0.1, 0.15) is 5.82 Å². The first kappa shape index (κ1) is 16.0. The van der Waals surface area contributed by atoms with E-state index in [1.54, 1.807) is 7.11 Å². The number of nitrogens with zero attached hydrogens (tertiary/aromatic N) is 4. The van der Waals surface area contributed by atoms with E-state index < -0.39 is 0 Å². The Morgan fingerprint density at radius 2 is 2.14 bits per heavy atom. The van der Waals surface area contributed by atoms with Gasteiger partial charge in [0.2, 0.25) is 5.95 Å². The van der Waals surface area contributed by atoms with Crippen LogP contribution in [-0.2, 0) is 4.74 Å².